The van der Waals surface area contributed by atoms with E-state index in [1.807, 2.05) is 48.5 Å². The molecule has 33 heavy (non-hydrogen) atoms. The van der Waals surface area contributed by atoms with Gasteiger partial charge in [0.25, 0.3) is 0 Å². The Morgan fingerprint density at radius 1 is 0.394 bits per heavy atom. The van der Waals surface area contributed by atoms with E-state index >= 15 is 0 Å². The van der Waals surface area contributed by atoms with E-state index in [1.165, 1.54) is 22.3 Å². The fourth-order valence-corrected chi connectivity index (χ4v) is 5.06. The summed E-state index contributed by atoms with van der Waals surface area (Å²) in [5.74, 6) is 1.59. The molecule has 0 unspecified atom stereocenters. The smallest absolute Gasteiger partial charge is 0.142 e. The van der Waals surface area contributed by atoms with E-state index in [-0.39, 0.29) is 0 Å². The topological polar surface area (TPSA) is 9.23 Å². The minimum atomic E-state index is 0.785. The van der Waals surface area contributed by atoms with Crippen LogP contribution in [0, 0.1) is 0 Å². The summed E-state index contributed by atoms with van der Waals surface area (Å²) in [5.41, 5.74) is 6.93. The summed E-state index contributed by atoms with van der Waals surface area (Å²) in [6, 6.07) is 41.4. The zero-order valence-electron chi connectivity index (χ0n) is 17.7. The van der Waals surface area contributed by atoms with Gasteiger partial charge in [-0.3, -0.25) is 0 Å². The zero-order valence-corrected chi connectivity index (χ0v) is 20.9. The summed E-state index contributed by atoms with van der Waals surface area (Å²) in [4.78, 5) is 0. The summed E-state index contributed by atoms with van der Waals surface area (Å²) >= 11 is 7.56. The van der Waals surface area contributed by atoms with E-state index in [0.29, 0.717) is 0 Å². The van der Waals surface area contributed by atoms with Crippen LogP contribution in [0.15, 0.2) is 130 Å². The molecule has 5 rings (SSSR count). The molecule has 0 heterocycles. The zero-order chi connectivity index (χ0) is 22.6. The summed E-state index contributed by atoms with van der Waals surface area (Å²) in [7, 11) is 0. The second-order valence-electron chi connectivity index (χ2n) is 7.60. The Balaban J connectivity index is 1.64. The molecule has 0 saturated carbocycles. The third-order valence-electron chi connectivity index (χ3n) is 5.53. The van der Waals surface area contributed by atoms with Crippen molar-refractivity contribution in [3.63, 3.8) is 0 Å². The Bertz CT molecular complexity index is 1410. The van der Waals surface area contributed by atoms with Crippen LogP contribution in [0.3, 0.4) is 0 Å². The van der Waals surface area contributed by atoms with E-state index in [1.54, 1.807) is 0 Å². The van der Waals surface area contributed by atoms with E-state index in [4.69, 9.17) is 4.74 Å². The van der Waals surface area contributed by atoms with Crippen molar-refractivity contribution in [2.75, 3.05) is 0 Å². The molecule has 0 aliphatic heterocycles. The molecule has 0 spiro atoms. The van der Waals surface area contributed by atoms with Gasteiger partial charge < -0.3 is 4.74 Å². The highest BCUT2D eigenvalue weighted by Gasteiger charge is 2.16. The maximum atomic E-state index is 6.17. The molecule has 160 valence electrons. The minimum Gasteiger partial charge on any atom is -0.456 e. The van der Waals surface area contributed by atoms with Crippen LogP contribution in [0.1, 0.15) is 0 Å². The maximum absolute atomic E-state index is 6.17. The number of halogens is 2. The Morgan fingerprint density at radius 3 is 1.45 bits per heavy atom. The van der Waals surface area contributed by atoms with Gasteiger partial charge in [-0.25, -0.2) is 0 Å². The summed E-state index contributed by atoms with van der Waals surface area (Å²) < 4.78 is 8.18. The lowest BCUT2D eigenvalue weighted by atomic mass is 9.89. The van der Waals surface area contributed by atoms with E-state index < -0.39 is 0 Å². The van der Waals surface area contributed by atoms with Crippen molar-refractivity contribution in [2.45, 2.75) is 0 Å². The number of hydrogen-bond acceptors (Lipinski definition) is 1. The first-order valence-electron chi connectivity index (χ1n) is 10.7. The van der Waals surface area contributed by atoms with E-state index in [2.05, 4.69) is 105 Å². The summed E-state index contributed by atoms with van der Waals surface area (Å²) in [6.45, 7) is 0. The molecule has 0 radical (unpaired) electrons. The van der Waals surface area contributed by atoms with Crippen molar-refractivity contribution in [3.8, 4) is 44.9 Å². The van der Waals surface area contributed by atoms with Crippen LogP contribution in [0.4, 0.5) is 0 Å². The van der Waals surface area contributed by atoms with Gasteiger partial charge in [-0.2, -0.15) is 0 Å². The molecular weight excluding hydrogens is 536 g/mol. The van der Waals surface area contributed by atoms with E-state index in [9.17, 15) is 0 Å². The number of benzene rings is 5. The van der Waals surface area contributed by atoms with Crippen molar-refractivity contribution < 1.29 is 4.74 Å². The first kappa shape index (κ1) is 21.7. The van der Waals surface area contributed by atoms with Crippen LogP contribution < -0.4 is 4.74 Å². The molecule has 0 amide bonds. The summed E-state index contributed by atoms with van der Waals surface area (Å²) in [6.07, 6.45) is 0. The van der Waals surface area contributed by atoms with Crippen LogP contribution >= 0.6 is 31.9 Å². The van der Waals surface area contributed by atoms with Gasteiger partial charge >= 0.3 is 0 Å². The molecule has 0 bridgehead atoms. The molecule has 0 atom stereocenters. The molecule has 0 saturated heterocycles. The normalized spacial score (nSPS) is 10.7. The predicted molar refractivity (Wildman–Crippen MR) is 145 cm³/mol. The van der Waals surface area contributed by atoms with Crippen LogP contribution in [0.2, 0.25) is 0 Å². The van der Waals surface area contributed by atoms with Crippen LogP contribution in [-0.2, 0) is 0 Å². The number of ether oxygens (including phenoxy) is 1. The highest BCUT2D eigenvalue weighted by Crippen LogP contribution is 2.44. The van der Waals surface area contributed by atoms with Gasteiger partial charge in [0.05, 0.1) is 4.47 Å². The average molecular weight is 556 g/mol. The molecule has 5 aromatic carbocycles. The van der Waals surface area contributed by atoms with Crippen LogP contribution in [0.5, 0.6) is 11.5 Å². The third-order valence-corrected chi connectivity index (χ3v) is 7.04. The number of rotatable bonds is 5. The maximum Gasteiger partial charge on any atom is 0.142 e. The molecule has 0 N–H and O–H groups in total. The van der Waals surface area contributed by atoms with Crippen molar-refractivity contribution in [1.82, 2.24) is 0 Å². The fraction of sp³-hybridized carbons (Fsp3) is 0. The Labute approximate surface area is 211 Å². The minimum absolute atomic E-state index is 0.785. The predicted octanol–water partition coefficient (Wildman–Crippen LogP) is 10.0. The highest BCUT2D eigenvalue weighted by atomic mass is 79.9. The van der Waals surface area contributed by atoms with Crippen molar-refractivity contribution in [1.29, 1.82) is 0 Å². The van der Waals surface area contributed by atoms with Gasteiger partial charge in [-0.05, 0) is 68.0 Å². The Kier molecular flexibility index (Phi) is 6.43. The average Bonchev–Trinajstić information content (AvgIpc) is 2.86. The lowest BCUT2D eigenvalue weighted by Gasteiger charge is -2.17. The molecule has 3 heteroatoms. The third kappa shape index (κ3) is 4.52. The van der Waals surface area contributed by atoms with Gasteiger partial charge in [-0.1, -0.05) is 113 Å². The fourth-order valence-electron chi connectivity index (χ4n) is 4.00. The molecule has 0 fully saturated rings. The van der Waals surface area contributed by atoms with Gasteiger partial charge in [-0.15, -0.1) is 0 Å². The standard InChI is InChI=1S/C30H20Br2O/c31-28-19-9-8-17-26(28)24-15-6-4-13-22(24)23-14-5-7-16-25(23)27-18-10-20-29(30(27)32)33-21-11-2-1-3-12-21/h1-20H. The molecule has 1 nitrogen and oxygen atoms in total. The van der Waals surface area contributed by atoms with Gasteiger partial charge in [0.15, 0.2) is 0 Å². The SMILES string of the molecule is Brc1ccccc1-c1ccccc1-c1ccccc1-c1cccc(Oc2ccccc2)c1Br. The first-order valence-corrected chi connectivity index (χ1v) is 12.3. The van der Waals surface area contributed by atoms with Crippen LogP contribution in [-0.4, -0.2) is 0 Å². The van der Waals surface area contributed by atoms with Crippen molar-refractivity contribution in [2.24, 2.45) is 0 Å². The molecule has 0 aromatic heterocycles. The second kappa shape index (κ2) is 9.78. The Hall–Kier alpha value is -3.14. The van der Waals surface area contributed by atoms with Gasteiger partial charge in [0.2, 0.25) is 0 Å². The quantitative estimate of drug-likeness (QED) is 0.209. The first-order chi connectivity index (χ1) is 16.2. The second-order valence-corrected chi connectivity index (χ2v) is 9.25. The van der Waals surface area contributed by atoms with Crippen molar-refractivity contribution in [3.05, 3.63) is 130 Å². The monoisotopic (exact) mass is 554 g/mol. The lowest BCUT2D eigenvalue weighted by Crippen LogP contribution is -1.92. The molecule has 5 aromatic rings. The summed E-state index contributed by atoms with van der Waals surface area (Å²) in [5, 5.41) is 0. The molecule has 0 aliphatic carbocycles. The lowest BCUT2D eigenvalue weighted by molar-refractivity contribution is 0.480. The van der Waals surface area contributed by atoms with E-state index in [0.717, 1.165) is 31.6 Å². The number of para-hydroxylation sites is 1. The van der Waals surface area contributed by atoms with Gasteiger partial charge in [0.1, 0.15) is 11.5 Å². The number of hydrogen-bond donors (Lipinski definition) is 0. The van der Waals surface area contributed by atoms with Crippen molar-refractivity contribution >= 4 is 31.9 Å². The molecular formula is C30H20Br2O. The van der Waals surface area contributed by atoms with Crippen LogP contribution in [0.25, 0.3) is 33.4 Å². The van der Waals surface area contributed by atoms with Gasteiger partial charge in [0, 0.05) is 10.0 Å². The largest absolute Gasteiger partial charge is 0.456 e. The highest BCUT2D eigenvalue weighted by molar-refractivity contribution is 9.11. The molecule has 0 aliphatic rings. The Morgan fingerprint density at radius 2 is 0.848 bits per heavy atom.